The van der Waals surface area contributed by atoms with Gasteiger partial charge >= 0.3 is 0 Å². The maximum atomic E-state index is 13.1. The molecule has 0 saturated carbocycles. The first kappa shape index (κ1) is 29.2. The molecule has 2 aromatic carbocycles. The molecule has 4 aromatic rings. The van der Waals surface area contributed by atoms with Crippen LogP contribution < -0.4 is 9.48 Å². The average molecular weight is 645 g/mol. The number of non-ortho nitro benzene ring substituents is 4. The van der Waals surface area contributed by atoms with E-state index in [2.05, 4.69) is 0 Å². The third-order valence-electron chi connectivity index (χ3n) is 5.33. The summed E-state index contributed by atoms with van der Waals surface area (Å²) in [5, 5.41) is 42.3. The van der Waals surface area contributed by atoms with E-state index in [-0.39, 0.29) is 22.7 Å². The maximum Gasteiger partial charge on any atom is 0.294 e. The largest absolute Gasteiger partial charge is 0.294 e. The standard InChI is InChI=1S/C19H8N4O14S4/c24-18-14(3-8-1-10(20(26)27)5-12(22(30)31)16(8)38-18)40(34,35)7-41(36,37)15-4-9-2-11(21(28)29)6-13(23(32)33)17(9)39-19(15)25/h1-6H,7H2. The Balaban J connectivity index is 1.89. The van der Waals surface area contributed by atoms with E-state index in [9.17, 15) is 66.9 Å². The van der Waals surface area contributed by atoms with Crippen molar-refractivity contribution in [3.63, 3.8) is 0 Å². The summed E-state index contributed by atoms with van der Waals surface area (Å²) in [6.07, 6.45) is 0. The summed E-state index contributed by atoms with van der Waals surface area (Å²) >= 11 is 0.0497. The molecule has 0 aliphatic carbocycles. The van der Waals surface area contributed by atoms with Gasteiger partial charge in [0.1, 0.15) is 19.2 Å². The molecule has 2 heterocycles. The Morgan fingerprint density at radius 1 is 0.561 bits per heavy atom. The summed E-state index contributed by atoms with van der Waals surface area (Å²) in [7, 11) is -10.3. The highest BCUT2D eigenvalue weighted by atomic mass is 32.3. The number of hydrogen-bond donors (Lipinski definition) is 0. The summed E-state index contributed by atoms with van der Waals surface area (Å²) in [5.41, 5.74) is -3.37. The lowest BCUT2D eigenvalue weighted by atomic mass is 10.2. The number of nitrogens with zero attached hydrogens (tertiary/aromatic N) is 4. The second-order valence-corrected chi connectivity index (χ2v) is 14.2. The Kier molecular flexibility index (Phi) is 7.11. The monoisotopic (exact) mass is 644 g/mol. The van der Waals surface area contributed by atoms with Gasteiger partial charge in [0.05, 0.1) is 31.8 Å². The van der Waals surface area contributed by atoms with Crippen molar-refractivity contribution in [2.24, 2.45) is 0 Å². The van der Waals surface area contributed by atoms with Gasteiger partial charge in [-0.2, -0.15) is 0 Å². The van der Waals surface area contributed by atoms with Gasteiger partial charge < -0.3 is 0 Å². The van der Waals surface area contributed by atoms with Gasteiger partial charge in [-0.25, -0.2) is 16.8 Å². The van der Waals surface area contributed by atoms with Crippen molar-refractivity contribution in [3.8, 4) is 0 Å². The normalized spacial score (nSPS) is 11.9. The molecule has 0 aliphatic heterocycles. The lowest BCUT2D eigenvalue weighted by Gasteiger charge is -2.07. The molecule has 18 nitrogen and oxygen atoms in total. The first-order chi connectivity index (χ1) is 18.9. The van der Waals surface area contributed by atoms with Crippen LogP contribution in [0.1, 0.15) is 0 Å². The van der Waals surface area contributed by atoms with Crippen molar-refractivity contribution in [1.82, 2.24) is 0 Å². The third kappa shape index (κ3) is 5.34. The van der Waals surface area contributed by atoms with Crippen LogP contribution in [0.25, 0.3) is 20.2 Å². The van der Waals surface area contributed by atoms with E-state index in [1.807, 2.05) is 0 Å². The molecule has 0 bridgehead atoms. The van der Waals surface area contributed by atoms with Gasteiger partial charge in [0, 0.05) is 22.9 Å². The van der Waals surface area contributed by atoms with E-state index in [4.69, 9.17) is 0 Å². The van der Waals surface area contributed by atoms with Gasteiger partial charge in [0.15, 0.2) is 24.8 Å². The highest BCUT2D eigenvalue weighted by molar-refractivity contribution is 8.08. The molecular weight excluding hydrogens is 636 g/mol. The smallest absolute Gasteiger partial charge is 0.276 e. The fourth-order valence-corrected chi connectivity index (χ4v) is 10.0. The fraction of sp³-hybridized carbons (Fsp3) is 0.0526. The molecule has 4 rings (SSSR count). The van der Waals surface area contributed by atoms with Crippen molar-refractivity contribution in [2.75, 3.05) is 5.08 Å². The minimum absolute atomic E-state index is 0.0248. The van der Waals surface area contributed by atoms with Gasteiger partial charge in [0.25, 0.3) is 32.2 Å². The lowest BCUT2D eigenvalue weighted by Crippen LogP contribution is -2.24. The SMILES string of the molecule is O=c1sc2c([N+](=O)[O-])cc([N+](=O)[O-])cc2cc1S(=O)(=O)CS(=O)(=O)c1cc2cc([N+](=O)[O-])cc([N+](=O)[O-])c2sc1=O. The van der Waals surface area contributed by atoms with Crippen LogP contribution in [0.4, 0.5) is 22.7 Å². The molecule has 212 valence electrons. The Labute approximate surface area is 232 Å². The molecule has 22 heteroatoms. The number of nitro groups is 4. The van der Waals surface area contributed by atoms with E-state index in [0.29, 0.717) is 24.3 Å². The molecule has 2 aromatic heterocycles. The zero-order chi connectivity index (χ0) is 30.6. The molecule has 0 unspecified atom stereocenters. The molecule has 0 atom stereocenters. The summed E-state index contributed by atoms with van der Waals surface area (Å²) < 4.78 is 48.7. The first-order valence-electron chi connectivity index (χ1n) is 10.2. The number of benzene rings is 2. The van der Waals surface area contributed by atoms with Crippen LogP contribution in [0.3, 0.4) is 0 Å². The second-order valence-electron chi connectivity index (χ2n) is 7.94. The molecule has 0 radical (unpaired) electrons. The Morgan fingerprint density at radius 2 is 0.902 bits per heavy atom. The van der Waals surface area contributed by atoms with Crippen LogP contribution in [-0.4, -0.2) is 41.6 Å². The van der Waals surface area contributed by atoms with Gasteiger partial charge in [-0.3, -0.25) is 50.0 Å². The van der Waals surface area contributed by atoms with Crippen LogP contribution in [0.5, 0.6) is 0 Å². The predicted octanol–water partition coefficient (Wildman–Crippen LogP) is 2.67. The van der Waals surface area contributed by atoms with E-state index in [1.165, 1.54) is 0 Å². The number of hydrogen-bond acceptors (Lipinski definition) is 16. The predicted molar refractivity (Wildman–Crippen MR) is 142 cm³/mol. The van der Waals surface area contributed by atoms with Crippen LogP contribution in [0, 0.1) is 40.5 Å². The first-order valence-corrected chi connectivity index (χ1v) is 15.1. The third-order valence-corrected chi connectivity index (χ3v) is 12.1. The van der Waals surface area contributed by atoms with E-state index in [1.54, 1.807) is 0 Å². The minimum Gasteiger partial charge on any atom is -0.276 e. The van der Waals surface area contributed by atoms with Crippen molar-refractivity contribution in [2.45, 2.75) is 9.79 Å². The zero-order valence-electron chi connectivity index (χ0n) is 19.3. The van der Waals surface area contributed by atoms with Crippen LogP contribution in [0.15, 0.2) is 55.8 Å². The van der Waals surface area contributed by atoms with Crippen molar-refractivity contribution >= 4 is 85.3 Å². The topological polar surface area (TPSA) is 275 Å². The average Bonchev–Trinajstić information content (AvgIpc) is 2.85. The van der Waals surface area contributed by atoms with Crippen molar-refractivity contribution in [1.29, 1.82) is 0 Å². The number of sulfone groups is 2. The molecule has 41 heavy (non-hydrogen) atoms. The number of rotatable bonds is 8. The highest BCUT2D eigenvalue weighted by Crippen LogP contribution is 2.35. The quantitative estimate of drug-likeness (QED) is 0.197. The van der Waals surface area contributed by atoms with Gasteiger partial charge in [0.2, 0.25) is 0 Å². The Bertz CT molecular complexity index is 2070. The zero-order valence-corrected chi connectivity index (χ0v) is 22.6. The Hall–Kier alpha value is -4.80. The summed E-state index contributed by atoms with van der Waals surface area (Å²) in [6, 6.07) is 3.67. The summed E-state index contributed by atoms with van der Waals surface area (Å²) in [4.78, 5) is 63.9. The van der Waals surface area contributed by atoms with Gasteiger partial charge in [-0.15, -0.1) is 0 Å². The Morgan fingerprint density at radius 3 is 1.20 bits per heavy atom. The van der Waals surface area contributed by atoms with Gasteiger partial charge in [-0.1, -0.05) is 22.7 Å². The van der Waals surface area contributed by atoms with Crippen molar-refractivity contribution < 1.29 is 36.5 Å². The number of nitro benzene ring substituents is 4. The van der Waals surface area contributed by atoms with E-state index >= 15 is 0 Å². The van der Waals surface area contributed by atoms with Crippen molar-refractivity contribution in [3.05, 3.63) is 95.9 Å². The van der Waals surface area contributed by atoms with Crippen LogP contribution >= 0.6 is 22.7 Å². The molecule has 0 N–H and O–H groups in total. The van der Waals surface area contributed by atoms with Crippen LogP contribution in [-0.2, 0) is 19.7 Å². The molecule has 0 aliphatic rings. The molecule has 0 amide bonds. The second kappa shape index (κ2) is 9.99. The molecule has 0 fully saturated rings. The highest BCUT2D eigenvalue weighted by Gasteiger charge is 2.33. The fourth-order valence-electron chi connectivity index (χ4n) is 3.61. The summed E-state index contributed by atoms with van der Waals surface area (Å²) in [6.45, 7) is 0. The summed E-state index contributed by atoms with van der Waals surface area (Å²) in [5.74, 6) is 0. The van der Waals surface area contributed by atoms with Gasteiger partial charge in [-0.05, 0) is 12.1 Å². The lowest BCUT2D eigenvalue weighted by molar-refractivity contribution is -0.393. The molecule has 0 saturated heterocycles. The van der Waals surface area contributed by atoms with E-state index < -0.39 is 107 Å². The number of fused-ring (bicyclic) bond motifs is 2. The maximum absolute atomic E-state index is 13.1. The van der Waals surface area contributed by atoms with E-state index in [0.717, 1.165) is 12.1 Å². The molecular formula is C19H8N4O14S4. The van der Waals surface area contributed by atoms with Crippen LogP contribution in [0.2, 0.25) is 0 Å². The minimum atomic E-state index is -5.15. The molecule has 0 spiro atoms.